The van der Waals surface area contributed by atoms with E-state index < -0.39 is 0 Å². The van der Waals surface area contributed by atoms with E-state index >= 15 is 0 Å². The smallest absolute Gasteiger partial charge is 0.174 e. The van der Waals surface area contributed by atoms with Crippen molar-refractivity contribution in [3.8, 4) is 5.75 Å². The number of anilines is 1. The van der Waals surface area contributed by atoms with E-state index in [1.807, 2.05) is 55.6 Å². The van der Waals surface area contributed by atoms with Crippen LogP contribution in [-0.4, -0.2) is 21.6 Å². The van der Waals surface area contributed by atoms with Crippen molar-refractivity contribution in [3.63, 3.8) is 0 Å². The monoisotopic (exact) mass is 455 g/mol. The Morgan fingerprint density at radius 2 is 1.86 bits per heavy atom. The molecular weight excluding hydrogens is 434 g/mol. The molecule has 6 heteroatoms. The highest BCUT2D eigenvalue weighted by atomic mass is 79.9. The van der Waals surface area contributed by atoms with E-state index in [0.29, 0.717) is 24.8 Å². The summed E-state index contributed by atoms with van der Waals surface area (Å²) in [7, 11) is 0. The molecule has 1 aromatic heterocycles. The summed E-state index contributed by atoms with van der Waals surface area (Å²) in [6.45, 7) is 3.90. The molecule has 0 saturated carbocycles. The summed E-state index contributed by atoms with van der Waals surface area (Å²) in [5, 5.41) is 3.99. The van der Waals surface area contributed by atoms with Gasteiger partial charge in [-0.1, -0.05) is 46.3 Å². The molecule has 144 valence electrons. The molecule has 1 N–H and O–H groups in total. The van der Waals surface area contributed by atoms with Gasteiger partial charge in [0.15, 0.2) is 5.11 Å². The number of hydrogen-bond acceptors (Lipinski definition) is 3. The first-order valence-corrected chi connectivity index (χ1v) is 10.3. The van der Waals surface area contributed by atoms with Crippen molar-refractivity contribution < 1.29 is 4.74 Å². The van der Waals surface area contributed by atoms with Crippen LogP contribution in [0.2, 0.25) is 0 Å². The first-order chi connectivity index (χ1) is 13.7. The van der Waals surface area contributed by atoms with E-state index in [4.69, 9.17) is 17.0 Å². The van der Waals surface area contributed by atoms with E-state index in [9.17, 15) is 0 Å². The Morgan fingerprint density at radius 3 is 2.61 bits per heavy atom. The topological polar surface area (TPSA) is 37.4 Å². The summed E-state index contributed by atoms with van der Waals surface area (Å²) in [4.78, 5) is 6.34. The maximum atomic E-state index is 5.76. The molecule has 0 spiro atoms. The van der Waals surface area contributed by atoms with Crippen molar-refractivity contribution in [1.82, 2.24) is 9.88 Å². The van der Waals surface area contributed by atoms with Crippen molar-refractivity contribution >= 4 is 38.9 Å². The number of ether oxygens (including phenoxy) is 1. The van der Waals surface area contributed by atoms with Crippen molar-refractivity contribution in [3.05, 3.63) is 88.7 Å². The zero-order valence-electron chi connectivity index (χ0n) is 15.6. The maximum Gasteiger partial charge on any atom is 0.174 e. The minimum absolute atomic E-state index is 0.600. The average Bonchev–Trinajstić information content (AvgIpc) is 2.70. The van der Waals surface area contributed by atoms with Crippen LogP contribution < -0.4 is 10.1 Å². The molecule has 0 saturated heterocycles. The zero-order chi connectivity index (χ0) is 19.8. The number of nitrogens with one attached hydrogen (secondary N) is 1. The van der Waals surface area contributed by atoms with Crippen LogP contribution in [-0.2, 0) is 13.1 Å². The van der Waals surface area contributed by atoms with Gasteiger partial charge in [-0.05, 0) is 60.6 Å². The molecule has 2 aromatic carbocycles. The largest absolute Gasteiger partial charge is 0.492 e. The van der Waals surface area contributed by atoms with Crippen molar-refractivity contribution in [2.75, 3.05) is 11.9 Å². The maximum absolute atomic E-state index is 5.76. The second-order valence-electron chi connectivity index (χ2n) is 6.21. The van der Waals surface area contributed by atoms with E-state index in [-0.39, 0.29) is 0 Å². The third kappa shape index (κ3) is 5.78. The molecule has 3 aromatic rings. The highest BCUT2D eigenvalue weighted by molar-refractivity contribution is 9.10. The summed E-state index contributed by atoms with van der Waals surface area (Å²) in [6.07, 6.45) is 3.64. The van der Waals surface area contributed by atoms with Crippen LogP contribution in [0.25, 0.3) is 0 Å². The van der Waals surface area contributed by atoms with Crippen LogP contribution in [0.1, 0.15) is 18.1 Å². The molecule has 0 atom stereocenters. The normalized spacial score (nSPS) is 10.4. The Hall–Kier alpha value is -2.44. The van der Waals surface area contributed by atoms with Crippen molar-refractivity contribution in [2.45, 2.75) is 20.0 Å². The van der Waals surface area contributed by atoms with Gasteiger partial charge in [0.2, 0.25) is 0 Å². The molecule has 0 bridgehead atoms. The third-order valence-electron chi connectivity index (χ3n) is 4.07. The molecule has 0 radical (unpaired) electrons. The Bertz CT molecular complexity index is 920. The number of nitrogens with zero attached hydrogens (tertiary/aromatic N) is 2. The standard InChI is InChI=1S/C22H22BrN3OS/c1-2-27-21-11-4-3-10-20(21)25-22(28)26(16-18-8-6-12-24-14-18)15-17-7-5-9-19(23)13-17/h3-14H,2,15-16H2,1H3,(H,25,28). The highest BCUT2D eigenvalue weighted by Gasteiger charge is 2.14. The quantitative estimate of drug-likeness (QED) is 0.466. The van der Waals surface area contributed by atoms with Gasteiger partial charge in [-0.2, -0.15) is 0 Å². The zero-order valence-corrected chi connectivity index (χ0v) is 18.0. The number of halogens is 1. The van der Waals surface area contributed by atoms with Gasteiger partial charge in [-0.3, -0.25) is 4.98 Å². The second-order valence-corrected chi connectivity index (χ2v) is 7.51. The number of para-hydroxylation sites is 2. The van der Waals surface area contributed by atoms with Crippen LogP contribution in [0.15, 0.2) is 77.5 Å². The molecule has 0 amide bonds. The predicted molar refractivity (Wildman–Crippen MR) is 121 cm³/mol. The van der Waals surface area contributed by atoms with Crippen LogP contribution >= 0.6 is 28.1 Å². The Labute approximate surface area is 179 Å². The summed E-state index contributed by atoms with van der Waals surface area (Å²) in [5.41, 5.74) is 3.13. The van der Waals surface area contributed by atoms with Crippen LogP contribution in [0, 0.1) is 0 Å². The molecule has 0 aliphatic rings. The Morgan fingerprint density at radius 1 is 1.07 bits per heavy atom. The van der Waals surface area contributed by atoms with Gasteiger partial charge in [0, 0.05) is 30.0 Å². The SMILES string of the molecule is CCOc1ccccc1NC(=S)N(Cc1cccnc1)Cc1cccc(Br)c1. The second kappa shape index (κ2) is 10.2. The highest BCUT2D eigenvalue weighted by Crippen LogP contribution is 2.25. The number of hydrogen-bond donors (Lipinski definition) is 1. The summed E-state index contributed by atoms with van der Waals surface area (Å²) >= 11 is 9.30. The third-order valence-corrected chi connectivity index (χ3v) is 4.93. The van der Waals surface area contributed by atoms with Gasteiger partial charge in [0.1, 0.15) is 5.75 Å². The molecule has 1 heterocycles. The molecule has 3 rings (SSSR count). The van der Waals surface area contributed by atoms with Crippen LogP contribution in [0.5, 0.6) is 5.75 Å². The number of rotatable bonds is 7. The average molecular weight is 456 g/mol. The first kappa shape index (κ1) is 20.3. The molecule has 4 nitrogen and oxygen atoms in total. The van der Waals surface area contributed by atoms with E-state index in [1.54, 1.807) is 6.20 Å². The number of benzene rings is 2. The molecular formula is C22H22BrN3OS. The number of aromatic nitrogens is 1. The van der Waals surface area contributed by atoms with Gasteiger partial charge in [-0.25, -0.2) is 0 Å². The van der Waals surface area contributed by atoms with Crippen LogP contribution in [0.4, 0.5) is 5.69 Å². The molecule has 0 aliphatic carbocycles. The summed E-state index contributed by atoms with van der Waals surface area (Å²) in [6, 6.07) is 20.1. The van der Waals surface area contributed by atoms with Gasteiger partial charge in [-0.15, -0.1) is 0 Å². The first-order valence-electron chi connectivity index (χ1n) is 9.07. The van der Waals surface area contributed by atoms with Gasteiger partial charge in [0.25, 0.3) is 0 Å². The fourth-order valence-electron chi connectivity index (χ4n) is 2.81. The molecule has 0 unspecified atom stereocenters. The van der Waals surface area contributed by atoms with Gasteiger partial charge >= 0.3 is 0 Å². The Kier molecular flexibility index (Phi) is 7.39. The molecule has 0 fully saturated rings. The fraction of sp³-hybridized carbons (Fsp3) is 0.182. The van der Waals surface area contributed by atoms with E-state index in [2.05, 4.69) is 49.3 Å². The van der Waals surface area contributed by atoms with E-state index in [1.165, 1.54) is 5.56 Å². The summed E-state index contributed by atoms with van der Waals surface area (Å²) < 4.78 is 6.76. The van der Waals surface area contributed by atoms with Crippen LogP contribution in [0.3, 0.4) is 0 Å². The number of pyridine rings is 1. The molecule has 28 heavy (non-hydrogen) atoms. The Balaban J connectivity index is 1.82. The lowest BCUT2D eigenvalue weighted by Gasteiger charge is -2.27. The minimum Gasteiger partial charge on any atom is -0.492 e. The lowest BCUT2D eigenvalue weighted by molar-refractivity contribution is 0.342. The summed E-state index contributed by atoms with van der Waals surface area (Å²) in [5.74, 6) is 0.788. The molecule has 0 aliphatic heterocycles. The van der Waals surface area contributed by atoms with Gasteiger partial charge in [0.05, 0.1) is 12.3 Å². The van der Waals surface area contributed by atoms with E-state index in [0.717, 1.165) is 21.5 Å². The van der Waals surface area contributed by atoms with Gasteiger partial charge < -0.3 is 15.0 Å². The van der Waals surface area contributed by atoms with Crippen molar-refractivity contribution in [2.24, 2.45) is 0 Å². The van der Waals surface area contributed by atoms with Crippen molar-refractivity contribution in [1.29, 1.82) is 0 Å². The lowest BCUT2D eigenvalue weighted by Crippen LogP contribution is -2.34. The minimum atomic E-state index is 0.600. The predicted octanol–water partition coefficient (Wildman–Crippen LogP) is 5.64. The lowest BCUT2D eigenvalue weighted by atomic mass is 10.2. The number of thiocarbonyl (C=S) groups is 1. The fourth-order valence-corrected chi connectivity index (χ4v) is 3.50.